The van der Waals surface area contributed by atoms with Crippen LogP contribution in [0.15, 0.2) is 24.3 Å². The van der Waals surface area contributed by atoms with E-state index in [1.807, 2.05) is 13.8 Å². The molecule has 0 unspecified atom stereocenters. The van der Waals surface area contributed by atoms with E-state index >= 15 is 0 Å². The lowest BCUT2D eigenvalue weighted by Gasteiger charge is -2.11. The van der Waals surface area contributed by atoms with Crippen molar-refractivity contribution in [2.45, 2.75) is 32.7 Å². The summed E-state index contributed by atoms with van der Waals surface area (Å²) in [4.78, 5) is 11.5. The van der Waals surface area contributed by atoms with Crippen LogP contribution < -0.4 is 5.32 Å². The molecule has 1 amide bonds. The van der Waals surface area contributed by atoms with Crippen LogP contribution in [0, 0.1) is 5.82 Å². The van der Waals surface area contributed by atoms with Gasteiger partial charge in [-0.3, -0.25) is 4.79 Å². The molecule has 3 heteroatoms. The van der Waals surface area contributed by atoms with Gasteiger partial charge in [0, 0.05) is 6.04 Å². The fraction of sp³-hybridized carbons (Fsp3) is 0.417. The van der Waals surface area contributed by atoms with Gasteiger partial charge < -0.3 is 5.32 Å². The van der Waals surface area contributed by atoms with Gasteiger partial charge in [-0.05, 0) is 25.0 Å². The van der Waals surface area contributed by atoms with Gasteiger partial charge in [0.15, 0.2) is 0 Å². The molecular formula is C12H16FNO. The Labute approximate surface area is 89.5 Å². The first-order chi connectivity index (χ1) is 7.13. The van der Waals surface area contributed by atoms with E-state index in [9.17, 15) is 9.18 Å². The summed E-state index contributed by atoms with van der Waals surface area (Å²) in [5, 5.41) is 2.80. The van der Waals surface area contributed by atoms with Gasteiger partial charge in [0.25, 0.3) is 0 Å². The maximum Gasteiger partial charge on any atom is 0.224 e. The van der Waals surface area contributed by atoms with E-state index < -0.39 is 0 Å². The standard InChI is InChI=1S/C12H16FNO/c1-3-9(2)14-12(15)8-10-6-4-5-7-11(10)13/h4-7,9H,3,8H2,1-2H3,(H,14,15)/t9-/m0/s1. The second-order valence-corrected chi connectivity index (χ2v) is 3.64. The molecule has 0 heterocycles. The fourth-order valence-electron chi connectivity index (χ4n) is 1.24. The molecule has 0 fully saturated rings. The van der Waals surface area contributed by atoms with Gasteiger partial charge in [0.2, 0.25) is 5.91 Å². The number of halogens is 1. The van der Waals surface area contributed by atoms with E-state index in [0.29, 0.717) is 5.56 Å². The van der Waals surface area contributed by atoms with Crippen molar-refractivity contribution in [1.82, 2.24) is 5.32 Å². The monoisotopic (exact) mass is 209 g/mol. The zero-order valence-electron chi connectivity index (χ0n) is 9.09. The summed E-state index contributed by atoms with van der Waals surface area (Å²) in [5.74, 6) is -0.453. The third-order valence-corrected chi connectivity index (χ3v) is 2.33. The van der Waals surface area contributed by atoms with Crippen molar-refractivity contribution >= 4 is 5.91 Å². The van der Waals surface area contributed by atoms with Crippen molar-refractivity contribution < 1.29 is 9.18 Å². The number of hydrogen-bond donors (Lipinski definition) is 1. The summed E-state index contributed by atoms with van der Waals surface area (Å²) < 4.78 is 13.2. The Kier molecular flexibility index (Phi) is 4.28. The molecule has 1 aromatic rings. The Bertz CT molecular complexity index is 338. The van der Waals surface area contributed by atoms with Gasteiger partial charge in [-0.2, -0.15) is 0 Å². The number of hydrogen-bond acceptors (Lipinski definition) is 1. The molecule has 1 N–H and O–H groups in total. The van der Waals surface area contributed by atoms with E-state index in [4.69, 9.17) is 0 Å². The first-order valence-corrected chi connectivity index (χ1v) is 5.16. The molecule has 0 saturated heterocycles. The molecule has 1 atom stereocenters. The summed E-state index contributed by atoms with van der Waals surface area (Å²) in [6, 6.07) is 6.49. The van der Waals surface area contributed by atoms with Crippen LogP contribution in [0.4, 0.5) is 4.39 Å². The van der Waals surface area contributed by atoms with Crippen LogP contribution in [0.25, 0.3) is 0 Å². The van der Waals surface area contributed by atoms with Gasteiger partial charge in [-0.15, -0.1) is 0 Å². The predicted molar refractivity (Wildman–Crippen MR) is 58.0 cm³/mol. The lowest BCUT2D eigenvalue weighted by Crippen LogP contribution is -2.33. The Morgan fingerprint density at radius 1 is 1.47 bits per heavy atom. The average Bonchev–Trinajstić information content (AvgIpc) is 2.21. The van der Waals surface area contributed by atoms with E-state index in [1.54, 1.807) is 18.2 Å². The lowest BCUT2D eigenvalue weighted by molar-refractivity contribution is -0.121. The zero-order valence-corrected chi connectivity index (χ0v) is 9.09. The van der Waals surface area contributed by atoms with Gasteiger partial charge in [0.05, 0.1) is 6.42 Å². The van der Waals surface area contributed by atoms with Crippen LogP contribution >= 0.6 is 0 Å². The molecule has 1 aromatic carbocycles. The van der Waals surface area contributed by atoms with Gasteiger partial charge >= 0.3 is 0 Å². The highest BCUT2D eigenvalue weighted by Crippen LogP contribution is 2.07. The predicted octanol–water partition coefficient (Wildman–Crippen LogP) is 2.28. The Balaban J connectivity index is 2.55. The smallest absolute Gasteiger partial charge is 0.224 e. The molecule has 15 heavy (non-hydrogen) atoms. The number of carbonyl (C=O) groups is 1. The van der Waals surface area contributed by atoms with Gasteiger partial charge in [-0.1, -0.05) is 25.1 Å². The summed E-state index contributed by atoms with van der Waals surface area (Å²) in [7, 11) is 0. The fourth-order valence-corrected chi connectivity index (χ4v) is 1.24. The van der Waals surface area contributed by atoms with Crippen LogP contribution in [0.5, 0.6) is 0 Å². The first kappa shape index (κ1) is 11.7. The average molecular weight is 209 g/mol. The highest BCUT2D eigenvalue weighted by molar-refractivity contribution is 5.78. The van der Waals surface area contributed by atoms with Crippen molar-refractivity contribution in [3.8, 4) is 0 Å². The number of benzene rings is 1. The second-order valence-electron chi connectivity index (χ2n) is 3.64. The Morgan fingerprint density at radius 3 is 2.73 bits per heavy atom. The van der Waals surface area contributed by atoms with Crippen molar-refractivity contribution in [2.24, 2.45) is 0 Å². The van der Waals surface area contributed by atoms with Crippen LogP contribution in [-0.4, -0.2) is 11.9 Å². The zero-order chi connectivity index (χ0) is 11.3. The summed E-state index contributed by atoms with van der Waals surface area (Å²) >= 11 is 0. The highest BCUT2D eigenvalue weighted by atomic mass is 19.1. The van der Waals surface area contributed by atoms with Crippen LogP contribution in [0.2, 0.25) is 0 Å². The number of carbonyl (C=O) groups excluding carboxylic acids is 1. The molecule has 0 aliphatic heterocycles. The maximum atomic E-state index is 13.2. The van der Waals surface area contributed by atoms with E-state index in [1.165, 1.54) is 6.07 Å². The molecule has 0 spiro atoms. The van der Waals surface area contributed by atoms with Crippen LogP contribution in [-0.2, 0) is 11.2 Å². The molecule has 2 nitrogen and oxygen atoms in total. The van der Waals surface area contributed by atoms with Gasteiger partial charge in [-0.25, -0.2) is 4.39 Å². The number of rotatable bonds is 4. The highest BCUT2D eigenvalue weighted by Gasteiger charge is 2.09. The van der Waals surface area contributed by atoms with Gasteiger partial charge in [0.1, 0.15) is 5.82 Å². The summed E-state index contributed by atoms with van der Waals surface area (Å²) in [6.45, 7) is 3.92. The minimum absolute atomic E-state index is 0.108. The Morgan fingerprint density at radius 2 is 2.13 bits per heavy atom. The van der Waals surface area contributed by atoms with E-state index in [2.05, 4.69) is 5.32 Å². The third kappa shape index (κ3) is 3.70. The molecular weight excluding hydrogens is 193 g/mol. The quantitative estimate of drug-likeness (QED) is 0.809. The summed E-state index contributed by atoms with van der Waals surface area (Å²) in [6.07, 6.45) is 0.986. The maximum absolute atomic E-state index is 13.2. The van der Waals surface area contributed by atoms with Crippen molar-refractivity contribution in [3.63, 3.8) is 0 Å². The molecule has 1 rings (SSSR count). The molecule has 0 aliphatic carbocycles. The van der Waals surface area contributed by atoms with E-state index in [-0.39, 0.29) is 24.2 Å². The Hall–Kier alpha value is -1.38. The molecule has 0 aromatic heterocycles. The molecule has 0 radical (unpaired) electrons. The SMILES string of the molecule is CC[C@H](C)NC(=O)Cc1ccccc1F. The van der Waals surface area contributed by atoms with Crippen LogP contribution in [0.3, 0.4) is 0 Å². The largest absolute Gasteiger partial charge is 0.353 e. The van der Waals surface area contributed by atoms with E-state index in [0.717, 1.165) is 6.42 Å². The minimum atomic E-state index is -0.322. The van der Waals surface area contributed by atoms with Crippen molar-refractivity contribution in [2.75, 3.05) is 0 Å². The molecule has 0 aliphatic rings. The second kappa shape index (κ2) is 5.49. The van der Waals surface area contributed by atoms with Crippen LogP contribution in [0.1, 0.15) is 25.8 Å². The number of amides is 1. The topological polar surface area (TPSA) is 29.1 Å². The molecule has 0 bridgehead atoms. The van der Waals surface area contributed by atoms with Crippen molar-refractivity contribution in [1.29, 1.82) is 0 Å². The number of nitrogens with one attached hydrogen (secondary N) is 1. The van der Waals surface area contributed by atoms with Crippen molar-refractivity contribution in [3.05, 3.63) is 35.6 Å². The summed E-state index contributed by atoms with van der Waals surface area (Å²) in [5.41, 5.74) is 0.443. The molecule has 82 valence electrons. The third-order valence-electron chi connectivity index (χ3n) is 2.33. The molecule has 0 saturated carbocycles. The normalized spacial score (nSPS) is 12.2. The first-order valence-electron chi connectivity index (χ1n) is 5.16. The minimum Gasteiger partial charge on any atom is -0.353 e. The lowest BCUT2D eigenvalue weighted by atomic mass is 10.1.